The molecule has 0 saturated heterocycles. The van der Waals surface area contributed by atoms with Crippen LogP contribution in [0, 0.1) is 10.8 Å². The minimum Gasteiger partial charge on any atom is -0.311 e. The molecule has 3 aliphatic carbocycles. The molecule has 56 heavy (non-hydrogen) atoms. The van der Waals surface area contributed by atoms with Crippen molar-refractivity contribution >= 4 is 50.9 Å². The third-order valence-corrected chi connectivity index (χ3v) is 12.0. The molecule has 0 fully saturated rings. The lowest BCUT2D eigenvalue weighted by atomic mass is 9.69. The minimum absolute atomic E-state index is 0.209. The first-order valence-electron chi connectivity index (χ1n) is 19.6. The molecule has 10 rings (SSSR count). The van der Waals surface area contributed by atoms with Gasteiger partial charge in [0.25, 0.3) is 0 Å². The zero-order valence-corrected chi connectivity index (χ0v) is 31.3. The van der Waals surface area contributed by atoms with Crippen molar-refractivity contribution in [3.8, 4) is 11.1 Å². The molecule has 3 heteroatoms. The van der Waals surface area contributed by atoms with Crippen LogP contribution in [0.4, 0.5) is 17.1 Å². The lowest BCUT2D eigenvalue weighted by Crippen LogP contribution is -2.38. The Morgan fingerprint density at radius 3 is 1.89 bits per heavy atom. The summed E-state index contributed by atoms with van der Waals surface area (Å²) in [6, 6.07) is 57.2. The van der Waals surface area contributed by atoms with Gasteiger partial charge in [0.2, 0.25) is 0 Å². The third kappa shape index (κ3) is 5.50. The van der Waals surface area contributed by atoms with Crippen molar-refractivity contribution in [1.82, 2.24) is 0 Å². The van der Waals surface area contributed by atoms with Crippen LogP contribution in [-0.4, -0.2) is 11.9 Å². The first-order valence-corrected chi connectivity index (χ1v) is 19.6. The second kappa shape index (κ2) is 13.8. The lowest BCUT2D eigenvalue weighted by molar-refractivity contribution is 0.779. The van der Waals surface area contributed by atoms with Crippen molar-refractivity contribution in [3.63, 3.8) is 0 Å². The Bertz CT molecular complexity index is 2880. The van der Waals surface area contributed by atoms with Crippen LogP contribution in [0.1, 0.15) is 59.4 Å². The van der Waals surface area contributed by atoms with E-state index in [2.05, 4.69) is 157 Å². The number of anilines is 3. The highest BCUT2D eigenvalue weighted by molar-refractivity contribution is 6.06. The molecule has 0 amide bonds. The smallest absolute Gasteiger partial charge is 0.0462 e. The molecule has 0 heterocycles. The SMILES string of the molecule is CC(=N)c1ccc(N(c2ccc(C=N)cc2)c2ccc(-c3ccc4c5c(cccc35)C3C(C5=CC=CCC5)=c5ccccc5=C(c5ccccc5)C43)cc2)cc1. The van der Waals surface area contributed by atoms with E-state index in [-0.39, 0.29) is 11.8 Å². The summed E-state index contributed by atoms with van der Waals surface area (Å²) in [5.41, 5.74) is 16.3. The van der Waals surface area contributed by atoms with Crippen LogP contribution >= 0.6 is 0 Å². The molecule has 0 radical (unpaired) electrons. The normalized spacial score (nSPS) is 16.6. The summed E-state index contributed by atoms with van der Waals surface area (Å²) in [6.45, 7) is 1.82. The average Bonchev–Trinajstić information content (AvgIpc) is 3.59. The molecule has 2 unspecified atom stereocenters. The second-order valence-electron chi connectivity index (χ2n) is 15.1. The summed E-state index contributed by atoms with van der Waals surface area (Å²) in [5.74, 6) is 0.436. The summed E-state index contributed by atoms with van der Waals surface area (Å²) in [7, 11) is 0. The van der Waals surface area contributed by atoms with Gasteiger partial charge in [-0.15, -0.1) is 0 Å². The predicted molar refractivity (Wildman–Crippen MR) is 234 cm³/mol. The van der Waals surface area contributed by atoms with Gasteiger partial charge in [-0.1, -0.05) is 140 Å². The summed E-state index contributed by atoms with van der Waals surface area (Å²) < 4.78 is 0. The van der Waals surface area contributed by atoms with Crippen molar-refractivity contribution < 1.29 is 0 Å². The molecular formula is C53H41N3. The molecular weight excluding hydrogens is 679 g/mol. The number of rotatable bonds is 8. The van der Waals surface area contributed by atoms with E-state index in [1.165, 1.54) is 72.0 Å². The molecule has 7 aromatic rings. The van der Waals surface area contributed by atoms with Crippen molar-refractivity contribution in [3.05, 3.63) is 220 Å². The van der Waals surface area contributed by atoms with Crippen molar-refractivity contribution in [2.45, 2.75) is 31.6 Å². The van der Waals surface area contributed by atoms with Crippen LogP contribution < -0.4 is 15.3 Å². The van der Waals surface area contributed by atoms with Crippen LogP contribution in [0.3, 0.4) is 0 Å². The number of fused-ring (bicyclic) bond motifs is 4. The predicted octanol–water partition coefficient (Wildman–Crippen LogP) is 11.9. The third-order valence-electron chi connectivity index (χ3n) is 12.0. The molecule has 2 atom stereocenters. The molecule has 2 N–H and O–H groups in total. The fourth-order valence-electron chi connectivity index (χ4n) is 9.49. The number of nitrogens with one attached hydrogen (secondary N) is 2. The topological polar surface area (TPSA) is 50.9 Å². The van der Waals surface area contributed by atoms with Crippen LogP contribution in [0.5, 0.6) is 0 Å². The highest BCUT2D eigenvalue weighted by atomic mass is 15.1. The first kappa shape index (κ1) is 33.7. The quantitative estimate of drug-likeness (QED) is 0.151. The summed E-state index contributed by atoms with van der Waals surface area (Å²) in [6.07, 6.45) is 10.4. The fourth-order valence-corrected chi connectivity index (χ4v) is 9.49. The monoisotopic (exact) mass is 719 g/mol. The maximum atomic E-state index is 8.12. The zero-order valence-electron chi connectivity index (χ0n) is 31.3. The molecule has 0 saturated carbocycles. The van der Waals surface area contributed by atoms with Gasteiger partial charge in [0.1, 0.15) is 0 Å². The van der Waals surface area contributed by atoms with Crippen molar-refractivity contribution in [1.29, 1.82) is 10.8 Å². The summed E-state index contributed by atoms with van der Waals surface area (Å²) in [5, 5.41) is 21.3. The Labute approximate surface area is 327 Å². The molecule has 0 spiro atoms. The van der Waals surface area contributed by atoms with Gasteiger partial charge in [0.05, 0.1) is 0 Å². The number of hydrogen-bond acceptors (Lipinski definition) is 3. The van der Waals surface area contributed by atoms with E-state index >= 15 is 0 Å². The first-order chi connectivity index (χ1) is 27.6. The van der Waals surface area contributed by atoms with Gasteiger partial charge in [-0.05, 0) is 133 Å². The van der Waals surface area contributed by atoms with Crippen LogP contribution in [-0.2, 0) is 0 Å². The molecule has 0 aromatic heterocycles. The standard InChI is InChI=1S/C53H41N3/c1-34(55)36-21-27-41(28-22-36)56(40-25-19-35(33-54)20-26-40)42-29-23-37(24-30-42)43-31-32-48-51-44(43)17-10-18-47(51)52-49(38-11-4-2-5-12-38)45-15-8-9-16-46(45)50(53(48)52)39-13-6-3-7-14-39/h2-4,6-11,13-33,52-55H,5,12H2,1H3. The molecule has 0 bridgehead atoms. The molecule has 7 aromatic carbocycles. The van der Waals surface area contributed by atoms with Crippen LogP contribution in [0.25, 0.3) is 33.0 Å². The Morgan fingerprint density at radius 2 is 1.23 bits per heavy atom. The van der Waals surface area contributed by atoms with Gasteiger partial charge in [-0.25, -0.2) is 0 Å². The van der Waals surface area contributed by atoms with Gasteiger partial charge >= 0.3 is 0 Å². The van der Waals surface area contributed by atoms with E-state index in [0.29, 0.717) is 5.71 Å². The number of benzene rings is 7. The van der Waals surface area contributed by atoms with Gasteiger partial charge in [0.15, 0.2) is 0 Å². The van der Waals surface area contributed by atoms with Crippen molar-refractivity contribution in [2.75, 3.05) is 4.90 Å². The van der Waals surface area contributed by atoms with Gasteiger partial charge in [0, 0.05) is 40.8 Å². The number of nitrogens with zero attached hydrogens (tertiary/aromatic N) is 1. The van der Waals surface area contributed by atoms with E-state index in [1.54, 1.807) is 0 Å². The Kier molecular flexibility index (Phi) is 8.30. The van der Waals surface area contributed by atoms with Crippen LogP contribution in [0.2, 0.25) is 0 Å². The highest BCUT2D eigenvalue weighted by Gasteiger charge is 2.42. The molecule has 3 nitrogen and oxygen atoms in total. The summed E-state index contributed by atoms with van der Waals surface area (Å²) >= 11 is 0. The average molecular weight is 720 g/mol. The molecule has 0 aliphatic heterocycles. The van der Waals surface area contributed by atoms with Gasteiger partial charge in [-0.2, -0.15) is 0 Å². The maximum Gasteiger partial charge on any atom is 0.0462 e. The zero-order chi connectivity index (χ0) is 37.8. The fraction of sp³-hybridized carbons (Fsp3) is 0.0943. The van der Waals surface area contributed by atoms with E-state index in [9.17, 15) is 0 Å². The van der Waals surface area contributed by atoms with Gasteiger partial charge in [-0.3, -0.25) is 0 Å². The largest absolute Gasteiger partial charge is 0.311 e. The van der Waals surface area contributed by atoms with E-state index < -0.39 is 0 Å². The Balaban J connectivity index is 1.12. The molecule has 268 valence electrons. The van der Waals surface area contributed by atoms with Crippen molar-refractivity contribution in [2.24, 2.45) is 0 Å². The number of allylic oxidation sites excluding steroid dienone is 4. The Hall–Kier alpha value is -6.84. The van der Waals surface area contributed by atoms with Crippen LogP contribution in [0.15, 0.2) is 182 Å². The second-order valence-corrected chi connectivity index (χ2v) is 15.1. The summed E-state index contributed by atoms with van der Waals surface area (Å²) in [4.78, 5) is 2.24. The minimum atomic E-state index is 0.209. The van der Waals surface area contributed by atoms with Gasteiger partial charge < -0.3 is 15.7 Å². The number of hydrogen-bond donors (Lipinski definition) is 2. The lowest BCUT2D eigenvalue weighted by Gasteiger charge is -2.33. The van der Waals surface area contributed by atoms with E-state index in [0.717, 1.165) is 41.0 Å². The van der Waals surface area contributed by atoms with E-state index in [4.69, 9.17) is 10.8 Å². The molecule has 3 aliphatic rings. The maximum absolute atomic E-state index is 8.12. The Morgan fingerprint density at radius 1 is 0.607 bits per heavy atom. The van der Waals surface area contributed by atoms with E-state index in [1.807, 2.05) is 31.2 Å². The highest BCUT2D eigenvalue weighted by Crippen LogP contribution is 2.58.